The molecule has 0 radical (unpaired) electrons. The fourth-order valence-electron chi connectivity index (χ4n) is 1.20. The van der Waals surface area contributed by atoms with Crippen molar-refractivity contribution in [2.75, 3.05) is 0 Å². The molecule has 0 saturated heterocycles. The predicted octanol–water partition coefficient (Wildman–Crippen LogP) is 2.11. The van der Waals surface area contributed by atoms with Gasteiger partial charge in [0.2, 0.25) is 0 Å². The summed E-state index contributed by atoms with van der Waals surface area (Å²) in [4.78, 5) is 5.67. The Morgan fingerprint density at radius 3 is 3.50 bits per heavy atom. The SMILES string of the molecule is CC1Cc2ccsc2C=N1. The van der Waals surface area contributed by atoms with E-state index in [1.165, 1.54) is 10.4 Å². The van der Waals surface area contributed by atoms with Crippen LogP contribution in [0.5, 0.6) is 0 Å². The highest BCUT2D eigenvalue weighted by Gasteiger charge is 2.10. The van der Waals surface area contributed by atoms with Gasteiger partial charge in [-0.25, -0.2) is 0 Å². The van der Waals surface area contributed by atoms with Crippen LogP contribution in [0.4, 0.5) is 0 Å². The lowest BCUT2D eigenvalue weighted by molar-refractivity contribution is 0.736. The first kappa shape index (κ1) is 6.10. The van der Waals surface area contributed by atoms with Crippen LogP contribution in [0.25, 0.3) is 0 Å². The van der Waals surface area contributed by atoms with Gasteiger partial charge in [-0.15, -0.1) is 11.3 Å². The van der Waals surface area contributed by atoms with Crippen molar-refractivity contribution in [3.05, 3.63) is 21.9 Å². The fraction of sp³-hybridized carbons (Fsp3) is 0.375. The van der Waals surface area contributed by atoms with Gasteiger partial charge in [-0.3, -0.25) is 4.99 Å². The average Bonchev–Trinajstić information content (AvgIpc) is 2.33. The van der Waals surface area contributed by atoms with Crippen LogP contribution in [-0.4, -0.2) is 12.3 Å². The van der Waals surface area contributed by atoms with Crippen molar-refractivity contribution in [2.45, 2.75) is 19.4 Å². The molecule has 0 spiro atoms. The maximum Gasteiger partial charge on any atom is 0.0512 e. The Hall–Kier alpha value is -0.630. The van der Waals surface area contributed by atoms with E-state index in [9.17, 15) is 0 Å². The first-order valence-electron chi connectivity index (χ1n) is 3.46. The van der Waals surface area contributed by atoms with Crippen LogP contribution < -0.4 is 0 Å². The van der Waals surface area contributed by atoms with E-state index in [2.05, 4.69) is 23.4 Å². The number of rotatable bonds is 0. The third kappa shape index (κ3) is 0.886. The van der Waals surface area contributed by atoms with Crippen LogP contribution >= 0.6 is 11.3 Å². The second kappa shape index (κ2) is 2.20. The van der Waals surface area contributed by atoms with Crippen LogP contribution in [-0.2, 0) is 6.42 Å². The Balaban J connectivity index is 2.43. The Morgan fingerprint density at radius 1 is 1.70 bits per heavy atom. The monoisotopic (exact) mass is 151 g/mol. The number of nitrogens with zero attached hydrogens (tertiary/aromatic N) is 1. The van der Waals surface area contributed by atoms with Crippen molar-refractivity contribution in [3.8, 4) is 0 Å². The van der Waals surface area contributed by atoms with Gasteiger partial charge in [0.1, 0.15) is 0 Å². The summed E-state index contributed by atoms with van der Waals surface area (Å²) in [6.07, 6.45) is 3.11. The summed E-state index contributed by atoms with van der Waals surface area (Å²) in [6.45, 7) is 2.15. The lowest BCUT2D eigenvalue weighted by Crippen LogP contribution is -2.08. The van der Waals surface area contributed by atoms with Crippen molar-refractivity contribution < 1.29 is 0 Å². The average molecular weight is 151 g/mol. The third-order valence-corrected chi connectivity index (χ3v) is 2.64. The highest BCUT2D eigenvalue weighted by molar-refractivity contribution is 7.11. The van der Waals surface area contributed by atoms with Crippen molar-refractivity contribution in [3.63, 3.8) is 0 Å². The molecule has 1 unspecified atom stereocenters. The summed E-state index contributed by atoms with van der Waals surface area (Å²) in [6, 6.07) is 2.68. The maximum absolute atomic E-state index is 4.33. The Labute approximate surface area is 64.4 Å². The maximum atomic E-state index is 4.33. The second-order valence-electron chi connectivity index (χ2n) is 2.64. The topological polar surface area (TPSA) is 12.4 Å². The molecule has 1 aliphatic heterocycles. The zero-order valence-electron chi connectivity index (χ0n) is 5.87. The highest BCUT2D eigenvalue weighted by Crippen LogP contribution is 2.20. The minimum absolute atomic E-state index is 0.488. The molecule has 10 heavy (non-hydrogen) atoms. The van der Waals surface area contributed by atoms with E-state index in [0.717, 1.165) is 6.42 Å². The van der Waals surface area contributed by atoms with Gasteiger partial charge < -0.3 is 0 Å². The van der Waals surface area contributed by atoms with Gasteiger partial charge in [-0.1, -0.05) is 0 Å². The van der Waals surface area contributed by atoms with Crippen molar-refractivity contribution >= 4 is 17.6 Å². The molecule has 0 aliphatic carbocycles. The van der Waals surface area contributed by atoms with E-state index in [1.54, 1.807) is 11.3 Å². The molecule has 2 rings (SSSR count). The molecule has 2 heterocycles. The van der Waals surface area contributed by atoms with Crippen molar-refractivity contribution in [2.24, 2.45) is 4.99 Å². The molecular weight excluding hydrogens is 142 g/mol. The molecule has 1 aromatic heterocycles. The van der Waals surface area contributed by atoms with Gasteiger partial charge in [0.25, 0.3) is 0 Å². The molecule has 1 aromatic rings. The predicted molar refractivity (Wildman–Crippen MR) is 45.1 cm³/mol. The van der Waals surface area contributed by atoms with E-state index in [1.807, 2.05) is 6.21 Å². The number of hydrogen-bond donors (Lipinski definition) is 0. The normalized spacial score (nSPS) is 22.7. The van der Waals surface area contributed by atoms with Gasteiger partial charge >= 0.3 is 0 Å². The first-order chi connectivity index (χ1) is 4.86. The molecular formula is C8H9NS. The zero-order chi connectivity index (χ0) is 6.97. The van der Waals surface area contributed by atoms with Crippen molar-refractivity contribution in [1.29, 1.82) is 0 Å². The van der Waals surface area contributed by atoms with E-state index < -0.39 is 0 Å². The number of thiophene rings is 1. The molecule has 0 aromatic carbocycles. The molecule has 0 fully saturated rings. The lowest BCUT2D eigenvalue weighted by atomic mass is 10.1. The quantitative estimate of drug-likeness (QED) is 0.538. The number of fused-ring (bicyclic) bond motifs is 1. The standard InChI is InChI=1S/C8H9NS/c1-6-4-7-2-3-10-8(7)5-9-6/h2-3,5-6H,4H2,1H3. The molecule has 0 N–H and O–H groups in total. The molecule has 0 saturated carbocycles. The third-order valence-electron chi connectivity index (χ3n) is 1.74. The number of aliphatic imine (C=N–C) groups is 1. The molecule has 2 heteroatoms. The summed E-state index contributed by atoms with van der Waals surface area (Å²) in [7, 11) is 0. The van der Waals surface area contributed by atoms with E-state index in [-0.39, 0.29) is 0 Å². The van der Waals surface area contributed by atoms with Crippen LogP contribution in [0.1, 0.15) is 17.4 Å². The van der Waals surface area contributed by atoms with Gasteiger partial charge in [0.15, 0.2) is 0 Å². The van der Waals surface area contributed by atoms with Crippen LogP contribution in [0.15, 0.2) is 16.4 Å². The molecule has 52 valence electrons. The van der Waals surface area contributed by atoms with Gasteiger partial charge in [-0.2, -0.15) is 0 Å². The lowest BCUT2D eigenvalue weighted by Gasteiger charge is -2.09. The van der Waals surface area contributed by atoms with Gasteiger partial charge in [0.05, 0.1) is 6.04 Å². The highest BCUT2D eigenvalue weighted by atomic mass is 32.1. The Bertz CT molecular complexity index is 262. The van der Waals surface area contributed by atoms with E-state index in [0.29, 0.717) is 6.04 Å². The van der Waals surface area contributed by atoms with Gasteiger partial charge in [-0.05, 0) is 30.4 Å². The van der Waals surface area contributed by atoms with Crippen LogP contribution in [0.2, 0.25) is 0 Å². The smallest absolute Gasteiger partial charge is 0.0512 e. The Morgan fingerprint density at radius 2 is 2.60 bits per heavy atom. The molecule has 0 amide bonds. The van der Waals surface area contributed by atoms with Crippen LogP contribution in [0.3, 0.4) is 0 Å². The minimum atomic E-state index is 0.488. The molecule has 1 nitrogen and oxygen atoms in total. The summed E-state index contributed by atoms with van der Waals surface area (Å²) in [5.74, 6) is 0. The summed E-state index contributed by atoms with van der Waals surface area (Å²) < 4.78 is 0. The van der Waals surface area contributed by atoms with Gasteiger partial charge in [0, 0.05) is 11.1 Å². The molecule has 1 atom stereocenters. The molecule has 0 bridgehead atoms. The zero-order valence-corrected chi connectivity index (χ0v) is 6.69. The summed E-state index contributed by atoms with van der Waals surface area (Å²) in [5.41, 5.74) is 1.47. The van der Waals surface area contributed by atoms with E-state index in [4.69, 9.17) is 0 Å². The number of hydrogen-bond acceptors (Lipinski definition) is 2. The largest absolute Gasteiger partial charge is 0.288 e. The van der Waals surface area contributed by atoms with Crippen LogP contribution in [0, 0.1) is 0 Å². The molecule has 1 aliphatic rings. The summed E-state index contributed by atoms with van der Waals surface area (Å²) in [5, 5.41) is 2.13. The fourth-order valence-corrected chi connectivity index (χ4v) is 2.00. The minimum Gasteiger partial charge on any atom is -0.288 e. The Kier molecular flexibility index (Phi) is 1.34. The van der Waals surface area contributed by atoms with E-state index >= 15 is 0 Å². The second-order valence-corrected chi connectivity index (χ2v) is 3.59. The van der Waals surface area contributed by atoms with Crippen molar-refractivity contribution in [1.82, 2.24) is 0 Å². The summed E-state index contributed by atoms with van der Waals surface area (Å²) >= 11 is 1.78. The first-order valence-corrected chi connectivity index (χ1v) is 4.34.